The van der Waals surface area contributed by atoms with Gasteiger partial charge in [-0.25, -0.2) is 9.59 Å². The number of aromatic nitrogens is 1. The van der Waals surface area contributed by atoms with Crippen molar-refractivity contribution >= 4 is 34.2 Å². The van der Waals surface area contributed by atoms with Crippen LogP contribution in [0.25, 0.3) is 16.5 Å². The average Bonchev–Trinajstić information content (AvgIpc) is 3.06. The van der Waals surface area contributed by atoms with Gasteiger partial charge in [0.2, 0.25) is 0 Å². The number of methoxy groups -OCH3 is 2. The van der Waals surface area contributed by atoms with Crippen molar-refractivity contribution in [2.45, 2.75) is 13.3 Å². The maximum Gasteiger partial charge on any atom is 0.341 e. The Bertz CT molecular complexity index is 1200. The van der Waals surface area contributed by atoms with E-state index in [1.54, 1.807) is 38.4 Å². The predicted molar refractivity (Wildman–Crippen MR) is 122 cm³/mol. The fraction of sp³-hybridized carbons (Fsp3) is 0.250. The van der Waals surface area contributed by atoms with E-state index in [1.807, 2.05) is 24.3 Å². The molecule has 3 aromatic rings. The number of carbonyl (C=O) groups excluding carboxylic acids is 2. The van der Waals surface area contributed by atoms with E-state index in [9.17, 15) is 9.59 Å². The maximum atomic E-state index is 13.1. The summed E-state index contributed by atoms with van der Waals surface area (Å²) in [5, 5.41) is 3.89. The van der Waals surface area contributed by atoms with Gasteiger partial charge < -0.3 is 24.5 Å². The second-order valence-corrected chi connectivity index (χ2v) is 7.23. The molecule has 0 saturated heterocycles. The largest absolute Gasteiger partial charge is 0.493 e. The highest BCUT2D eigenvalue weighted by atomic mass is 16.5. The summed E-state index contributed by atoms with van der Waals surface area (Å²) in [5.41, 5.74) is 3.48. The summed E-state index contributed by atoms with van der Waals surface area (Å²) in [6.07, 6.45) is 2.13. The van der Waals surface area contributed by atoms with Crippen molar-refractivity contribution in [1.29, 1.82) is 0 Å². The molecular formula is C24H25N3O5. The SMILES string of the molecule is CCOC(=O)C1=CN(C(=O)Nc2ccc(OC)c(OC)c2)CCc2c1[nH]c1ccccc21. The van der Waals surface area contributed by atoms with Crippen molar-refractivity contribution in [3.63, 3.8) is 0 Å². The van der Waals surface area contributed by atoms with Gasteiger partial charge >= 0.3 is 12.0 Å². The molecule has 1 aliphatic rings. The van der Waals surface area contributed by atoms with E-state index in [4.69, 9.17) is 14.2 Å². The molecule has 0 unspecified atom stereocenters. The number of aromatic amines is 1. The van der Waals surface area contributed by atoms with Gasteiger partial charge in [0, 0.05) is 35.4 Å². The third-order valence-electron chi connectivity index (χ3n) is 5.36. The molecule has 2 heterocycles. The monoisotopic (exact) mass is 435 g/mol. The maximum absolute atomic E-state index is 13.1. The third-order valence-corrected chi connectivity index (χ3v) is 5.36. The zero-order chi connectivity index (χ0) is 22.7. The van der Waals surface area contributed by atoms with Crippen LogP contribution in [0.2, 0.25) is 0 Å². The number of anilines is 1. The topological polar surface area (TPSA) is 92.9 Å². The quantitative estimate of drug-likeness (QED) is 0.587. The van der Waals surface area contributed by atoms with Gasteiger partial charge in [-0.15, -0.1) is 0 Å². The number of H-pyrrole nitrogens is 1. The molecule has 2 amide bonds. The van der Waals surface area contributed by atoms with E-state index in [0.29, 0.717) is 41.4 Å². The number of para-hydroxylation sites is 1. The lowest BCUT2D eigenvalue weighted by Gasteiger charge is -2.19. The normalized spacial score (nSPS) is 13.1. The number of rotatable bonds is 5. The van der Waals surface area contributed by atoms with Crippen LogP contribution in [-0.2, 0) is 16.0 Å². The molecule has 8 heteroatoms. The number of benzene rings is 2. The van der Waals surface area contributed by atoms with Gasteiger partial charge in [-0.2, -0.15) is 0 Å². The van der Waals surface area contributed by atoms with E-state index in [1.165, 1.54) is 12.0 Å². The number of hydrogen-bond acceptors (Lipinski definition) is 5. The van der Waals surface area contributed by atoms with Gasteiger partial charge in [0.25, 0.3) is 0 Å². The molecule has 2 N–H and O–H groups in total. The highest BCUT2D eigenvalue weighted by Gasteiger charge is 2.27. The van der Waals surface area contributed by atoms with Crippen LogP contribution in [0.3, 0.4) is 0 Å². The Labute approximate surface area is 185 Å². The first-order valence-electron chi connectivity index (χ1n) is 10.3. The van der Waals surface area contributed by atoms with Crippen LogP contribution < -0.4 is 14.8 Å². The van der Waals surface area contributed by atoms with Crippen LogP contribution in [0.5, 0.6) is 11.5 Å². The predicted octanol–water partition coefficient (Wildman–Crippen LogP) is 4.18. The van der Waals surface area contributed by atoms with Gasteiger partial charge in [-0.05, 0) is 37.1 Å². The molecule has 1 aliphatic heterocycles. The number of fused-ring (bicyclic) bond motifs is 3. The molecule has 32 heavy (non-hydrogen) atoms. The second kappa shape index (κ2) is 9.05. The minimum Gasteiger partial charge on any atom is -0.493 e. The number of nitrogens with zero attached hydrogens (tertiary/aromatic N) is 1. The number of esters is 1. The minimum atomic E-state index is -0.480. The van der Waals surface area contributed by atoms with E-state index in [-0.39, 0.29) is 12.6 Å². The van der Waals surface area contributed by atoms with Crippen molar-refractivity contribution in [2.24, 2.45) is 0 Å². The molecule has 0 saturated carbocycles. The second-order valence-electron chi connectivity index (χ2n) is 7.23. The lowest BCUT2D eigenvalue weighted by Crippen LogP contribution is -2.32. The number of nitrogens with one attached hydrogen (secondary N) is 2. The van der Waals surface area contributed by atoms with Crippen LogP contribution >= 0.6 is 0 Å². The number of ether oxygens (including phenoxy) is 3. The number of urea groups is 1. The molecule has 0 fully saturated rings. The fourth-order valence-electron chi connectivity index (χ4n) is 3.84. The summed E-state index contributed by atoms with van der Waals surface area (Å²) >= 11 is 0. The minimum absolute atomic E-state index is 0.240. The Hall–Kier alpha value is -3.94. The first-order valence-corrected chi connectivity index (χ1v) is 10.3. The Morgan fingerprint density at radius 3 is 2.62 bits per heavy atom. The lowest BCUT2D eigenvalue weighted by molar-refractivity contribution is -0.136. The smallest absolute Gasteiger partial charge is 0.341 e. The Morgan fingerprint density at radius 1 is 1.09 bits per heavy atom. The standard InChI is InChI=1S/C24H25N3O5/c1-4-32-23(28)18-14-27(12-11-17-16-7-5-6-8-19(16)26-22(17)18)24(29)25-15-9-10-20(30-2)21(13-15)31-3/h5-10,13-14,26H,4,11-12H2,1-3H3,(H,25,29). The van der Waals surface area contributed by atoms with Crippen molar-refractivity contribution in [2.75, 3.05) is 32.7 Å². The molecule has 8 nitrogen and oxygen atoms in total. The fourth-order valence-corrected chi connectivity index (χ4v) is 3.84. The van der Waals surface area contributed by atoms with Crippen molar-refractivity contribution in [3.8, 4) is 11.5 Å². The summed E-state index contributed by atoms with van der Waals surface area (Å²) in [4.78, 5) is 30.7. The summed E-state index contributed by atoms with van der Waals surface area (Å²) in [6, 6.07) is 12.6. The molecule has 4 rings (SSSR count). The molecule has 0 radical (unpaired) electrons. The molecule has 0 atom stereocenters. The first-order chi connectivity index (χ1) is 15.5. The van der Waals surface area contributed by atoms with Gasteiger partial charge in [0.05, 0.1) is 32.1 Å². The summed E-state index contributed by atoms with van der Waals surface area (Å²) in [5.74, 6) is 0.589. The van der Waals surface area contributed by atoms with Gasteiger partial charge in [-0.3, -0.25) is 4.90 Å². The number of carbonyl (C=O) groups is 2. The van der Waals surface area contributed by atoms with Crippen LogP contribution in [0.15, 0.2) is 48.7 Å². The molecule has 166 valence electrons. The van der Waals surface area contributed by atoms with Crippen molar-refractivity contribution < 1.29 is 23.8 Å². The number of amides is 2. The van der Waals surface area contributed by atoms with Crippen LogP contribution in [0, 0.1) is 0 Å². The van der Waals surface area contributed by atoms with Gasteiger partial charge in [0.1, 0.15) is 0 Å². The zero-order valence-electron chi connectivity index (χ0n) is 18.2. The van der Waals surface area contributed by atoms with Gasteiger partial charge in [-0.1, -0.05) is 18.2 Å². The molecular weight excluding hydrogens is 410 g/mol. The Morgan fingerprint density at radius 2 is 1.88 bits per heavy atom. The van der Waals surface area contributed by atoms with Crippen molar-refractivity contribution in [3.05, 3.63) is 59.9 Å². The lowest BCUT2D eigenvalue weighted by atomic mass is 10.0. The molecule has 0 bridgehead atoms. The van der Waals surface area contributed by atoms with E-state index < -0.39 is 5.97 Å². The molecule has 1 aromatic heterocycles. The molecule has 0 aliphatic carbocycles. The third kappa shape index (κ3) is 3.99. The zero-order valence-corrected chi connectivity index (χ0v) is 18.2. The first kappa shape index (κ1) is 21.3. The van der Waals surface area contributed by atoms with Crippen molar-refractivity contribution in [1.82, 2.24) is 9.88 Å². The van der Waals surface area contributed by atoms with Crippen LogP contribution in [0.1, 0.15) is 18.2 Å². The highest BCUT2D eigenvalue weighted by molar-refractivity contribution is 6.18. The molecule has 2 aromatic carbocycles. The average molecular weight is 435 g/mol. The highest BCUT2D eigenvalue weighted by Crippen LogP contribution is 2.32. The Kier molecular flexibility index (Phi) is 6.02. The van der Waals surface area contributed by atoms with Crippen LogP contribution in [-0.4, -0.2) is 49.3 Å². The van der Waals surface area contributed by atoms with Gasteiger partial charge in [0.15, 0.2) is 11.5 Å². The summed E-state index contributed by atoms with van der Waals surface area (Å²) in [6.45, 7) is 2.39. The van der Waals surface area contributed by atoms with E-state index in [0.717, 1.165) is 16.5 Å². The number of hydrogen-bond donors (Lipinski definition) is 2. The van der Waals surface area contributed by atoms with Crippen LogP contribution in [0.4, 0.5) is 10.5 Å². The van der Waals surface area contributed by atoms with E-state index >= 15 is 0 Å². The summed E-state index contributed by atoms with van der Waals surface area (Å²) in [7, 11) is 3.08. The Balaban J connectivity index is 1.66. The molecule has 0 spiro atoms. The van der Waals surface area contributed by atoms with E-state index in [2.05, 4.69) is 10.3 Å². The summed E-state index contributed by atoms with van der Waals surface area (Å²) < 4.78 is 15.8.